The van der Waals surface area contributed by atoms with Gasteiger partial charge in [0.25, 0.3) is 5.95 Å². The molecule has 178 valence electrons. The summed E-state index contributed by atoms with van der Waals surface area (Å²) in [7, 11) is 0. The number of fused-ring (bicyclic) bond motifs is 1. The highest BCUT2D eigenvalue weighted by Gasteiger charge is 2.34. The van der Waals surface area contributed by atoms with Crippen molar-refractivity contribution in [2.24, 2.45) is 0 Å². The molecule has 0 saturated carbocycles. The van der Waals surface area contributed by atoms with E-state index in [1.54, 1.807) is 16.4 Å². The Kier molecular flexibility index (Phi) is 6.30. The first kappa shape index (κ1) is 23.1. The van der Waals surface area contributed by atoms with Crippen molar-refractivity contribution in [2.45, 2.75) is 39.0 Å². The minimum atomic E-state index is -0.186. The van der Waals surface area contributed by atoms with Gasteiger partial charge in [0.05, 0.1) is 22.8 Å². The second-order valence-electron chi connectivity index (χ2n) is 8.78. The molecule has 0 radical (unpaired) electrons. The third-order valence-corrected chi connectivity index (χ3v) is 6.85. The lowest BCUT2D eigenvalue weighted by molar-refractivity contribution is -0.113. The number of anilines is 1. The predicted molar refractivity (Wildman–Crippen MR) is 139 cm³/mol. The number of amides is 1. The molecular weight excluding hydrogens is 458 g/mol. The van der Waals surface area contributed by atoms with Crippen LogP contribution in [0.1, 0.15) is 41.6 Å². The molecule has 1 atom stereocenters. The van der Waals surface area contributed by atoms with E-state index in [4.69, 9.17) is 9.84 Å². The molecule has 5 rings (SSSR count). The van der Waals surface area contributed by atoms with Crippen LogP contribution in [0.3, 0.4) is 0 Å². The molecule has 2 aromatic heterocycles. The second-order valence-corrected chi connectivity index (χ2v) is 9.88. The normalized spacial score (nSPS) is 15.5. The SMILES string of the molecule is Cc1cc(C)nc(-n2nc(-c3ccccc3)c3c2NC(=O)CSC3c2ccccc2OC(C)C)n1. The number of nitrogens with one attached hydrogen (secondary N) is 1. The number of rotatable bonds is 5. The number of aryl methyl sites for hydroxylation is 2. The molecule has 1 aliphatic heterocycles. The van der Waals surface area contributed by atoms with Gasteiger partial charge in [0.1, 0.15) is 11.6 Å². The van der Waals surface area contributed by atoms with Crippen LogP contribution in [-0.4, -0.2) is 37.5 Å². The van der Waals surface area contributed by atoms with Crippen molar-refractivity contribution < 1.29 is 9.53 Å². The standard InChI is InChI=1S/C27H27N5O2S/c1-16(2)34-21-13-9-8-12-20(21)25-23-24(19-10-6-5-7-11-19)31-32(26(23)30-22(33)15-35-25)27-28-17(3)14-18(4)29-27/h5-14,16,25H,15H2,1-4H3,(H,30,33). The summed E-state index contributed by atoms with van der Waals surface area (Å²) in [5, 5.41) is 7.89. The Morgan fingerprint density at radius 1 is 1.03 bits per heavy atom. The molecule has 0 spiro atoms. The summed E-state index contributed by atoms with van der Waals surface area (Å²) in [6.07, 6.45) is 0.0196. The number of nitrogens with zero attached hydrogens (tertiary/aromatic N) is 4. The molecule has 1 N–H and O–H groups in total. The van der Waals surface area contributed by atoms with Crippen molar-refractivity contribution in [3.63, 3.8) is 0 Å². The van der Waals surface area contributed by atoms with Gasteiger partial charge in [-0.1, -0.05) is 48.5 Å². The molecule has 8 heteroatoms. The maximum absolute atomic E-state index is 12.9. The summed E-state index contributed by atoms with van der Waals surface area (Å²) in [5.74, 6) is 2.03. The molecule has 35 heavy (non-hydrogen) atoms. The van der Waals surface area contributed by atoms with Gasteiger partial charge in [0, 0.05) is 28.1 Å². The van der Waals surface area contributed by atoms with Crippen LogP contribution in [0.5, 0.6) is 5.75 Å². The minimum absolute atomic E-state index is 0.0196. The van der Waals surface area contributed by atoms with Crippen molar-refractivity contribution in [1.82, 2.24) is 19.7 Å². The van der Waals surface area contributed by atoms with E-state index < -0.39 is 0 Å². The number of hydrogen-bond donors (Lipinski definition) is 1. The molecule has 0 bridgehead atoms. The smallest absolute Gasteiger partial charge is 0.252 e. The minimum Gasteiger partial charge on any atom is -0.491 e. The lowest BCUT2D eigenvalue weighted by atomic mass is 9.99. The van der Waals surface area contributed by atoms with Gasteiger partial charge >= 0.3 is 0 Å². The number of ether oxygens (including phenoxy) is 1. The van der Waals surface area contributed by atoms with Crippen LogP contribution in [0, 0.1) is 13.8 Å². The number of thioether (sulfide) groups is 1. The molecular formula is C27H27N5O2S. The van der Waals surface area contributed by atoms with Gasteiger partial charge in [-0.05, 0) is 39.8 Å². The first-order valence-electron chi connectivity index (χ1n) is 11.6. The molecule has 1 aliphatic rings. The number of benzene rings is 2. The Morgan fingerprint density at radius 3 is 2.43 bits per heavy atom. The van der Waals surface area contributed by atoms with E-state index in [2.05, 4.69) is 21.4 Å². The molecule has 3 heterocycles. The van der Waals surface area contributed by atoms with E-state index in [0.717, 1.165) is 39.5 Å². The summed E-state index contributed by atoms with van der Waals surface area (Å²) in [6, 6.07) is 19.9. The van der Waals surface area contributed by atoms with Crippen molar-refractivity contribution in [3.8, 4) is 23.0 Å². The first-order chi connectivity index (χ1) is 16.9. The van der Waals surface area contributed by atoms with Gasteiger partial charge in [0.2, 0.25) is 5.91 Å². The highest BCUT2D eigenvalue weighted by atomic mass is 32.2. The summed E-state index contributed by atoms with van der Waals surface area (Å²) >= 11 is 1.57. The van der Waals surface area contributed by atoms with Gasteiger partial charge in [-0.15, -0.1) is 11.8 Å². The summed E-state index contributed by atoms with van der Waals surface area (Å²) in [6.45, 7) is 7.88. The van der Waals surface area contributed by atoms with E-state index >= 15 is 0 Å². The molecule has 0 fully saturated rings. The Balaban J connectivity index is 1.79. The topological polar surface area (TPSA) is 81.9 Å². The van der Waals surface area contributed by atoms with Crippen LogP contribution in [0.15, 0.2) is 60.7 Å². The zero-order valence-corrected chi connectivity index (χ0v) is 21.0. The predicted octanol–water partition coefficient (Wildman–Crippen LogP) is 5.51. The van der Waals surface area contributed by atoms with Crippen LogP contribution < -0.4 is 10.1 Å². The second kappa shape index (κ2) is 9.54. The van der Waals surface area contributed by atoms with E-state index in [1.165, 1.54) is 0 Å². The lowest BCUT2D eigenvalue weighted by Gasteiger charge is -2.21. The number of carbonyl (C=O) groups is 1. The fourth-order valence-electron chi connectivity index (χ4n) is 4.27. The maximum atomic E-state index is 12.9. The molecule has 2 aromatic carbocycles. The van der Waals surface area contributed by atoms with Crippen LogP contribution in [-0.2, 0) is 4.79 Å². The van der Waals surface area contributed by atoms with Crippen LogP contribution >= 0.6 is 11.8 Å². The molecule has 1 amide bonds. The summed E-state index contributed by atoms with van der Waals surface area (Å²) in [5.41, 5.74) is 5.31. The summed E-state index contributed by atoms with van der Waals surface area (Å²) in [4.78, 5) is 22.2. The van der Waals surface area contributed by atoms with Gasteiger partial charge in [0.15, 0.2) is 0 Å². The lowest BCUT2D eigenvalue weighted by Crippen LogP contribution is -2.17. The van der Waals surface area contributed by atoms with Crippen molar-refractivity contribution in [1.29, 1.82) is 0 Å². The Morgan fingerprint density at radius 2 is 1.71 bits per heavy atom. The third-order valence-electron chi connectivity index (χ3n) is 5.59. The average Bonchev–Trinajstić information content (AvgIpc) is 3.10. The molecule has 0 aliphatic carbocycles. The first-order valence-corrected chi connectivity index (χ1v) is 12.6. The highest BCUT2D eigenvalue weighted by Crippen LogP contribution is 2.48. The molecule has 7 nitrogen and oxygen atoms in total. The quantitative estimate of drug-likeness (QED) is 0.402. The number of aromatic nitrogens is 4. The van der Waals surface area contributed by atoms with Gasteiger partial charge < -0.3 is 10.1 Å². The monoisotopic (exact) mass is 485 g/mol. The van der Waals surface area contributed by atoms with Crippen molar-refractivity contribution >= 4 is 23.5 Å². The van der Waals surface area contributed by atoms with Crippen molar-refractivity contribution in [3.05, 3.63) is 83.2 Å². The van der Waals surface area contributed by atoms with Crippen molar-refractivity contribution in [2.75, 3.05) is 11.1 Å². The summed E-state index contributed by atoms with van der Waals surface area (Å²) < 4.78 is 7.85. The van der Waals surface area contributed by atoms with Gasteiger partial charge in [-0.25, -0.2) is 9.97 Å². The average molecular weight is 486 g/mol. The van der Waals surface area contributed by atoms with Gasteiger partial charge in [-0.3, -0.25) is 4.79 Å². The molecule has 1 unspecified atom stereocenters. The fraction of sp³-hybridized carbons (Fsp3) is 0.259. The van der Waals surface area contributed by atoms with Crippen LogP contribution in [0.2, 0.25) is 0 Å². The highest BCUT2D eigenvalue weighted by molar-refractivity contribution is 8.00. The van der Waals surface area contributed by atoms with E-state index in [-0.39, 0.29) is 17.3 Å². The number of hydrogen-bond acceptors (Lipinski definition) is 6. The zero-order valence-electron chi connectivity index (χ0n) is 20.1. The van der Waals surface area contributed by atoms with Crippen LogP contribution in [0.25, 0.3) is 17.2 Å². The number of carbonyl (C=O) groups excluding carboxylic acids is 1. The van der Waals surface area contributed by atoms with E-state index in [0.29, 0.717) is 17.5 Å². The molecule has 0 saturated heterocycles. The van der Waals surface area contributed by atoms with E-state index in [9.17, 15) is 4.79 Å². The van der Waals surface area contributed by atoms with Gasteiger partial charge in [-0.2, -0.15) is 9.78 Å². The zero-order chi connectivity index (χ0) is 24.5. The number of para-hydroxylation sites is 1. The molecule has 4 aromatic rings. The largest absolute Gasteiger partial charge is 0.491 e. The van der Waals surface area contributed by atoms with E-state index in [1.807, 2.05) is 82.3 Å². The Bertz CT molecular complexity index is 1360. The Labute approximate surface area is 209 Å². The third kappa shape index (κ3) is 4.66. The fourth-order valence-corrected chi connectivity index (χ4v) is 5.42. The maximum Gasteiger partial charge on any atom is 0.252 e. The van der Waals surface area contributed by atoms with Crippen LogP contribution in [0.4, 0.5) is 5.82 Å². The Hall–Kier alpha value is -3.65.